The van der Waals surface area contributed by atoms with Gasteiger partial charge in [0.25, 0.3) is 6.29 Å². The highest BCUT2D eigenvalue weighted by molar-refractivity contribution is 5.89. The Labute approximate surface area is 125 Å². The molecular formula is C13H15N3O6. The van der Waals surface area contributed by atoms with Crippen molar-refractivity contribution in [1.82, 2.24) is 9.98 Å². The number of rotatable bonds is 6. The zero-order valence-electron chi connectivity index (χ0n) is 11.8. The molecule has 0 aliphatic carbocycles. The van der Waals surface area contributed by atoms with Crippen LogP contribution < -0.4 is 9.85 Å². The smallest absolute Gasteiger partial charge is 0.341 e. The molecule has 1 fully saturated rings. The van der Waals surface area contributed by atoms with E-state index < -0.39 is 24.3 Å². The second kappa shape index (κ2) is 5.51. The molecule has 1 aliphatic heterocycles. The van der Waals surface area contributed by atoms with Crippen LogP contribution in [-0.4, -0.2) is 45.9 Å². The Morgan fingerprint density at radius 2 is 2.09 bits per heavy atom. The average Bonchev–Trinajstić information content (AvgIpc) is 3.16. The third kappa shape index (κ3) is 2.78. The van der Waals surface area contributed by atoms with E-state index in [-0.39, 0.29) is 0 Å². The molecule has 1 saturated heterocycles. The summed E-state index contributed by atoms with van der Waals surface area (Å²) in [6, 6.07) is 7.89. The number of hydrogen-bond acceptors (Lipinski definition) is 6. The van der Waals surface area contributed by atoms with Gasteiger partial charge in [-0.15, -0.1) is 0 Å². The Bertz CT molecular complexity index is 657. The number of ether oxygens (including phenoxy) is 1. The van der Waals surface area contributed by atoms with Gasteiger partial charge in [0.1, 0.15) is 11.1 Å². The predicted octanol–water partition coefficient (Wildman–Crippen LogP) is 0.309. The van der Waals surface area contributed by atoms with E-state index in [9.17, 15) is 9.59 Å². The highest BCUT2D eigenvalue weighted by atomic mass is 17.0. The van der Waals surface area contributed by atoms with Gasteiger partial charge in [0.15, 0.2) is 0 Å². The van der Waals surface area contributed by atoms with Crippen molar-refractivity contribution in [2.24, 2.45) is 0 Å². The summed E-state index contributed by atoms with van der Waals surface area (Å²) < 4.78 is 10.1. The lowest BCUT2D eigenvalue weighted by molar-refractivity contribution is -0.141. The van der Waals surface area contributed by atoms with Gasteiger partial charge in [-0.3, -0.25) is 0 Å². The molecule has 118 valence electrons. The van der Waals surface area contributed by atoms with Crippen molar-refractivity contribution < 1.29 is 28.9 Å². The number of benzene rings is 1. The topological polar surface area (TPSA) is 99.1 Å². The van der Waals surface area contributed by atoms with Crippen LogP contribution >= 0.6 is 0 Å². The molecule has 0 radical (unpaired) electrons. The lowest BCUT2D eigenvalue weighted by Crippen LogP contribution is -2.57. The standard InChI is InChI=1S/C13H15N3O6/c1-9(20-13(19)10-5-3-2-4-6-10)21-16-15(22-16)14-8-7-11(14)12(17)18/h2-6,9,11H,7-8H2,1H3,(H,17,18)/t9?,11-,15?,16?/m0/s1. The zero-order valence-corrected chi connectivity index (χ0v) is 11.8. The SMILES string of the molecule is CC(OC(=O)c1ccccc1)On1on1N1CC[C@H]1C(=O)O. The highest BCUT2D eigenvalue weighted by Crippen LogP contribution is 2.18. The van der Waals surface area contributed by atoms with Crippen molar-refractivity contribution in [2.75, 3.05) is 11.6 Å². The van der Waals surface area contributed by atoms with Gasteiger partial charge in [-0.1, -0.05) is 18.2 Å². The molecule has 2 heterocycles. The van der Waals surface area contributed by atoms with Gasteiger partial charge < -0.3 is 14.7 Å². The maximum Gasteiger partial charge on any atom is 0.341 e. The van der Waals surface area contributed by atoms with Crippen LogP contribution in [-0.2, 0) is 9.53 Å². The predicted molar refractivity (Wildman–Crippen MR) is 71.7 cm³/mol. The molecule has 0 bridgehead atoms. The molecule has 1 aromatic heterocycles. The number of aromatic nitrogens is 2. The first-order chi connectivity index (χ1) is 10.6. The summed E-state index contributed by atoms with van der Waals surface area (Å²) in [7, 11) is 0. The largest absolute Gasteiger partial charge is 0.480 e. The van der Waals surface area contributed by atoms with Crippen molar-refractivity contribution in [3.8, 4) is 0 Å². The quantitative estimate of drug-likeness (QED) is 0.605. The molecule has 1 N–H and O–H groups in total. The maximum absolute atomic E-state index is 11.8. The number of carbonyl (C=O) groups excluding carboxylic acids is 1. The van der Waals surface area contributed by atoms with Crippen LogP contribution in [0, 0.1) is 0 Å². The van der Waals surface area contributed by atoms with E-state index in [1.54, 1.807) is 30.3 Å². The second-order valence-electron chi connectivity index (χ2n) is 4.82. The lowest BCUT2D eigenvalue weighted by atomic mass is 10.1. The van der Waals surface area contributed by atoms with Crippen molar-refractivity contribution in [1.29, 1.82) is 0 Å². The maximum atomic E-state index is 11.8. The number of hydrogen-bond donors (Lipinski definition) is 1. The molecule has 2 atom stereocenters. The first-order valence-corrected chi connectivity index (χ1v) is 6.76. The molecule has 1 aliphatic rings. The summed E-state index contributed by atoms with van der Waals surface area (Å²) in [5, 5.41) is 11.4. The highest BCUT2D eigenvalue weighted by Gasteiger charge is 2.40. The summed E-state index contributed by atoms with van der Waals surface area (Å²) in [6.07, 6.45) is -0.344. The van der Waals surface area contributed by atoms with Crippen LogP contribution in [0.2, 0.25) is 0 Å². The first-order valence-electron chi connectivity index (χ1n) is 6.76. The number of nitrogens with zero attached hydrogens (tertiary/aromatic N) is 3. The van der Waals surface area contributed by atoms with Crippen LogP contribution in [0.25, 0.3) is 0 Å². The van der Waals surface area contributed by atoms with Gasteiger partial charge in [-0.25, -0.2) is 14.6 Å². The normalized spacial score (nSPS) is 18.6. The zero-order chi connectivity index (χ0) is 15.7. The van der Waals surface area contributed by atoms with Crippen molar-refractivity contribution in [2.45, 2.75) is 25.7 Å². The fourth-order valence-electron chi connectivity index (χ4n) is 2.02. The molecule has 0 spiro atoms. The van der Waals surface area contributed by atoms with Crippen molar-refractivity contribution >= 4 is 11.9 Å². The number of carboxylic acid groups (broad SMARTS) is 1. The van der Waals surface area contributed by atoms with E-state index in [1.165, 1.54) is 16.9 Å². The Hall–Kier alpha value is -2.84. The van der Waals surface area contributed by atoms with Crippen molar-refractivity contribution in [3.05, 3.63) is 35.9 Å². The molecule has 0 amide bonds. The first kappa shape index (κ1) is 14.1. The minimum Gasteiger partial charge on any atom is -0.480 e. The summed E-state index contributed by atoms with van der Waals surface area (Å²) in [5.41, 5.74) is 0.412. The van der Waals surface area contributed by atoms with Crippen LogP contribution in [0.5, 0.6) is 0 Å². The molecule has 9 nitrogen and oxygen atoms in total. The van der Waals surface area contributed by atoms with E-state index in [0.29, 0.717) is 18.5 Å². The summed E-state index contributed by atoms with van der Waals surface area (Å²) in [5.74, 6) is -1.45. The molecule has 2 aromatic rings. The van der Waals surface area contributed by atoms with Gasteiger partial charge in [-0.05, 0) is 18.6 Å². The number of esters is 1. The average molecular weight is 309 g/mol. The summed E-state index contributed by atoms with van der Waals surface area (Å²) >= 11 is 0. The molecule has 1 unspecified atom stereocenters. The molecule has 1 aromatic carbocycles. The van der Waals surface area contributed by atoms with E-state index in [2.05, 4.69) is 0 Å². The van der Waals surface area contributed by atoms with Crippen LogP contribution in [0.15, 0.2) is 35.0 Å². The lowest BCUT2D eigenvalue weighted by Gasteiger charge is -2.33. The fraction of sp³-hybridized carbons (Fsp3) is 0.385. The molecule has 9 heteroatoms. The van der Waals surface area contributed by atoms with Crippen LogP contribution in [0.1, 0.15) is 23.7 Å². The number of carboxylic acids is 1. The van der Waals surface area contributed by atoms with Crippen LogP contribution in [0.4, 0.5) is 0 Å². The number of carbonyl (C=O) groups is 2. The summed E-state index contributed by atoms with van der Waals surface area (Å²) in [6.45, 7) is 2.08. The Balaban J connectivity index is 1.51. The molecule has 22 heavy (non-hydrogen) atoms. The van der Waals surface area contributed by atoms with E-state index in [0.717, 1.165) is 5.02 Å². The Morgan fingerprint density at radius 3 is 2.68 bits per heavy atom. The minimum atomic E-state index is -0.926. The monoisotopic (exact) mass is 309 g/mol. The van der Waals surface area contributed by atoms with Crippen LogP contribution in [0.3, 0.4) is 0 Å². The molecule has 0 saturated carbocycles. The second-order valence-corrected chi connectivity index (χ2v) is 4.82. The summed E-state index contributed by atoms with van der Waals surface area (Å²) in [4.78, 5) is 29.1. The minimum absolute atomic E-state index is 0.412. The fourth-order valence-corrected chi connectivity index (χ4v) is 2.02. The van der Waals surface area contributed by atoms with E-state index >= 15 is 0 Å². The van der Waals surface area contributed by atoms with E-state index in [4.69, 9.17) is 19.3 Å². The Kier molecular flexibility index (Phi) is 3.53. The third-order valence-electron chi connectivity index (χ3n) is 3.28. The molecule has 3 rings (SSSR count). The van der Waals surface area contributed by atoms with Crippen molar-refractivity contribution in [3.63, 3.8) is 0 Å². The van der Waals surface area contributed by atoms with Gasteiger partial charge in [0.2, 0.25) is 0 Å². The number of aliphatic carboxylic acids is 1. The molecular weight excluding hydrogens is 294 g/mol. The third-order valence-corrected chi connectivity index (χ3v) is 3.28. The van der Waals surface area contributed by atoms with E-state index in [1.807, 2.05) is 0 Å². The van der Waals surface area contributed by atoms with Gasteiger partial charge in [0.05, 0.1) is 10.5 Å². The van der Waals surface area contributed by atoms with Gasteiger partial charge in [0, 0.05) is 13.5 Å². The van der Waals surface area contributed by atoms with Gasteiger partial charge in [-0.2, -0.15) is 4.63 Å². The van der Waals surface area contributed by atoms with Gasteiger partial charge >= 0.3 is 11.9 Å². The Morgan fingerprint density at radius 1 is 1.36 bits per heavy atom.